The van der Waals surface area contributed by atoms with Gasteiger partial charge >= 0.3 is 0 Å². The number of rotatable bonds is 4. The molecule has 0 aliphatic carbocycles. The van der Waals surface area contributed by atoms with Crippen LogP contribution in [0.15, 0.2) is 30.6 Å². The van der Waals surface area contributed by atoms with E-state index in [1.165, 1.54) is 6.33 Å². The maximum Gasteiger partial charge on any atom is 0.137 e. The van der Waals surface area contributed by atoms with Crippen LogP contribution in [0.25, 0.3) is 10.9 Å². The zero-order valence-corrected chi connectivity index (χ0v) is 10.3. The molecule has 94 valence electrons. The number of anilines is 1. The van der Waals surface area contributed by atoms with Gasteiger partial charge in [-0.2, -0.15) is 0 Å². The van der Waals surface area contributed by atoms with Crippen LogP contribution in [0.3, 0.4) is 0 Å². The highest BCUT2D eigenvalue weighted by atomic mass is 16.4. The van der Waals surface area contributed by atoms with E-state index in [-0.39, 0.29) is 5.92 Å². The van der Waals surface area contributed by atoms with E-state index in [9.17, 15) is 9.90 Å². The lowest BCUT2D eigenvalue weighted by Gasteiger charge is -2.24. The second-order valence-electron chi connectivity index (χ2n) is 4.42. The molecule has 2 aromatic rings. The first-order valence-electron chi connectivity index (χ1n) is 5.76. The summed E-state index contributed by atoms with van der Waals surface area (Å²) < 4.78 is 0. The van der Waals surface area contributed by atoms with Gasteiger partial charge in [-0.1, -0.05) is 26.0 Å². The summed E-state index contributed by atoms with van der Waals surface area (Å²) in [6.45, 7) is 3.63. The third-order valence-electron chi connectivity index (χ3n) is 2.76. The number of carboxylic acid groups (broad SMARTS) is 1. The van der Waals surface area contributed by atoms with Crippen molar-refractivity contribution in [2.75, 3.05) is 5.32 Å². The number of benzene rings is 1. The topological polar surface area (TPSA) is 77.9 Å². The molecule has 1 aromatic heterocycles. The first-order valence-corrected chi connectivity index (χ1v) is 5.76. The SMILES string of the molecule is CC(C)[C@H](Nc1ncnc2ccccc12)C(=O)[O-]. The molecular weight excluding hydrogens is 230 g/mol. The Balaban J connectivity index is 2.39. The molecule has 0 fully saturated rings. The summed E-state index contributed by atoms with van der Waals surface area (Å²) in [4.78, 5) is 19.3. The highest BCUT2D eigenvalue weighted by molar-refractivity contribution is 5.90. The molecule has 1 atom stereocenters. The lowest BCUT2D eigenvalue weighted by Crippen LogP contribution is -2.44. The number of fused-ring (bicyclic) bond motifs is 1. The second kappa shape index (κ2) is 5.00. The second-order valence-corrected chi connectivity index (χ2v) is 4.42. The van der Waals surface area contributed by atoms with E-state index in [0.717, 1.165) is 10.9 Å². The number of para-hydroxylation sites is 1. The number of carboxylic acids is 1. The Morgan fingerprint density at radius 2 is 2.00 bits per heavy atom. The van der Waals surface area contributed by atoms with Crippen LogP contribution < -0.4 is 10.4 Å². The Hall–Kier alpha value is -2.17. The maximum absolute atomic E-state index is 11.1. The summed E-state index contributed by atoms with van der Waals surface area (Å²) in [7, 11) is 0. The van der Waals surface area contributed by atoms with Crippen LogP contribution in [0.2, 0.25) is 0 Å². The number of aliphatic carboxylic acids is 1. The summed E-state index contributed by atoms with van der Waals surface area (Å²) in [6, 6.07) is 6.66. The zero-order chi connectivity index (χ0) is 13.1. The lowest BCUT2D eigenvalue weighted by atomic mass is 10.0. The highest BCUT2D eigenvalue weighted by Gasteiger charge is 2.16. The van der Waals surface area contributed by atoms with Gasteiger partial charge in [-0.3, -0.25) is 0 Å². The van der Waals surface area contributed by atoms with Gasteiger partial charge in [0.25, 0.3) is 0 Å². The van der Waals surface area contributed by atoms with Crippen LogP contribution in [0.5, 0.6) is 0 Å². The summed E-state index contributed by atoms with van der Waals surface area (Å²) in [5, 5.41) is 14.8. The van der Waals surface area contributed by atoms with Gasteiger partial charge in [-0.25, -0.2) is 9.97 Å². The third kappa shape index (κ3) is 2.40. The lowest BCUT2D eigenvalue weighted by molar-refractivity contribution is -0.307. The van der Waals surface area contributed by atoms with Crippen LogP contribution in [-0.4, -0.2) is 22.0 Å². The molecule has 0 aliphatic rings. The summed E-state index contributed by atoms with van der Waals surface area (Å²) >= 11 is 0. The van der Waals surface area contributed by atoms with Gasteiger partial charge in [-0.15, -0.1) is 0 Å². The van der Waals surface area contributed by atoms with E-state index in [0.29, 0.717) is 5.82 Å². The minimum Gasteiger partial charge on any atom is -0.548 e. The normalized spacial score (nSPS) is 12.6. The van der Waals surface area contributed by atoms with Gasteiger partial charge in [0, 0.05) is 5.39 Å². The fourth-order valence-corrected chi connectivity index (χ4v) is 1.76. The number of carbonyl (C=O) groups excluding carboxylic acids is 1. The Labute approximate surface area is 105 Å². The molecule has 0 saturated heterocycles. The molecule has 18 heavy (non-hydrogen) atoms. The largest absolute Gasteiger partial charge is 0.548 e. The van der Waals surface area contributed by atoms with Crippen molar-refractivity contribution < 1.29 is 9.90 Å². The maximum atomic E-state index is 11.1. The molecule has 0 bridgehead atoms. The predicted molar refractivity (Wildman–Crippen MR) is 66.8 cm³/mol. The van der Waals surface area contributed by atoms with Crippen LogP contribution >= 0.6 is 0 Å². The average Bonchev–Trinajstić information content (AvgIpc) is 2.35. The van der Waals surface area contributed by atoms with E-state index >= 15 is 0 Å². The van der Waals surface area contributed by atoms with Crippen LogP contribution in [0.1, 0.15) is 13.8 Å². The monoisotopic (exact) mass is 244 g/mol. The minimum atomic E-state index is -1.13. The average molecular weight is 244 g/mol. The van der Waals surface area contributed by atoms with E-state index in [1.807, 2.05) is 38.1 Å². The summed E-state index contributed by atoms with van der Waals surface area (Å²) in [5.74, 6) is -0.708. The van der Waals surface area contributed by atoms with Crippen molar-refractivity contribution >= 4 is 22.7 Å². The minimum absolute atomic E-state index is 0.0938. The van der Waals surface area contributed by atoms with Gasteiger partial charge in [-0.05, 0) is 18.1 Å². The summed E-state index contributed by atoms with van der Waals surface area (Å²) in [6.07, 6.45) is 1.41. The molecule has 1 aromatic carbocycles. The smallest absolute Gasteiger partial charge is 0.137 e. The van der Waals surface area contributed by atoms with Crippen molar-refractivity contribution in [1.82, 2.24) is 9.97 Å². The van der Waals surface area contributed by atoms with Crippen molar-refractivity contribution in [1.29, 1.82) is 0 Å². The fraction of sp³-hybridized carbons (Fsp3) is 0.308. The Morgan fingerprint density at radius 3 is 2.67 bits per heavy atom. The van der Waals surface area contributed by atoms with Crippen molar-refractivity contribution in [2.24, 2.45) is 5.92 Å². The molecule has 5 heteroatoms. The van der Waals surface area contributed by atoms with Crippen molar-refractivity contribution in [3.63, 3.8) is 0 Å². The quantitative estimate of drug-likeness (QED) is 0.861. The van der Waals surface area contributed by atoms with Gasteiger partial charge < -0.3 is 15.2 Å². The highest BCUT2D eigenvalue weighted by Crippen LogP contribution is 2.20. The van der Waals surface area contributed by atoms with Crippen molar-refractivity contribution in [3.05, 3.63) is 30.6 Å². The van der Waals surface area contributed by atoms with Crippen molar-refractivity contribution in [2.45, 2.75) is 19.9 Å². The van der Waals surface area contributed by atoms with Gasteiger partial charge in [0.15, 0.2) is 0 Å². The molecule has 2 rings (SSSR count). The number of nitrogens with one attached hydrogen (secondary N) is 1. The first kappa shape index (κ1) is 12.3. The number of hydrogen-bond donors (Lipinski definition) is 1. The van der Waals surface area contributed by atoms with E-state index in [2.05, 4.69) is 15.3 Å². The molecule has 0 saturated carbocycles. The Kier molecular flexibility index (Phi) is 3.41. The van der Waals surface area contributed by atoms with Crippen LogP contribution in [0, 0.1) is 5.92 Å². The van der Waals surface area contributed by atoms with Crippen molar-refractivity contribution in [3.8, 4) is 0 Å². The number of hydrogen-bond acceptors (Lipinski definition) is 5. The molecular formula is C13H14N3O2-. The van der Waals surface area contributed by atoms with Gasteiger partial charge in [0.05, 0.1) is 17.5 Å². The molecule has 0 amide bonds. The molecule has 1 N–H and O–H groups in total. The number of nitrogens with zero attached hydrogens (tertiary/aromatic N) is 2. The van der Waals surface area contributed by atoms with Gasteiger partial charge in [0.2, 0.25) is 0 Å². The zero-order valence-electron chi connectivity index (χ0n) is 10.3. The predicted octanol–water partition coefficient (Wildman–Crippen LogP) is 0.816. The van der Waals surface area contributed by atoms with Crippen LogP contribution in [-0.2, 0) is 4.79 Å². The number of carbonyl (C=O) groups is 1. The van der Waals surface area contributed by atoms with E-state index in [4.69, 9.17) is 0 Å². The van der Waals surface area contributed by atoms with Gasteiger partial charge in [0.1, 0.15) is 12.1 Å². The molecule has 0 unspecified atom stereocenters. The third-order valence-corrected chi connectivity index (χ3v) is 2.76. The Morgan fingerprint density at radius 1 is 1.28 bits per heavy atom. The molecule has 0 spiro atoms. The van der Waals surface area contributed by atoms with E-state index < -0.39 is 12.0 Å². The van der Waals surface area contributed by atoms with Crippen LogP contribution in [0.4, 0.5) is 5.82 Å². The number of aromatic nitrogens is 2. The standard InChI is InChI=1S/C13H15N3O2/c1-8(2)11(13(17)18)16-12-9-5-3-4-6-10(9)14-7-15-12/h3-8,11H,1-2H3,(H,17,18)(H,14,15,16)/p-1/t11-/m0/s1. The molecule has 0 radical (unpaired) electrons. The molecule has 0 aliphatic heterocycles. The molecule has 5 nitrogen and oxygen atoms in total. The summed E-state index contributed by atoms with van der Waals surface area (Å²) in [5.41, 5.74) is 0.774. The molecule has 1 heterocycles. The Bertz CT molecular complexity index is 564. The van der Waals surface area contributed by atoms with E-state index in [1.54, 1.807) is 0 Å². The first-order chi connectivity index (χ1) is 8.59. The fourth-order valence-electron chi connectivity index (χ4n) is 1.76.